The first-order chi connectivity index (χ1) is 6.70. The van der Waals surface area contributed by atoms with Crippen molar-refractivity contribution in [1.82, 2.24) is 5.32 Å². The van der Waals surface area contributed by atoms with E-state index in [0.717, 1.165) is 24.7 Å². The second kappa shape index (κ2) is 3.89. The molecule has 2 saturated carbocycles. The smallest absolute Gasteiger partial charge is 0.223 e. The standard InChI is InChI=1S/C11H19NO2/c1-7(14-2)6-12-11(13)10-4-8-3-9(8)5-10/h7-10H,3-6H2,1-2H3,(H,12,13). The molecule has 14 heavy (non-hydrogen) atoms. The summed E-state index contributed by atoms with van der Waals surface area (Å²) in [6, 6.07) is 0. The third-order valence-electron chi connectivity index (χ3n) is 3.58. The fourth-order valence-corrected chi connectivity index (χ4v) is 2.40. The largest absolute Gasteiger partial charge is 0.380 e. The highest BCUT2D eigenvalue weighted by molar-refractivity contribution is 5.79. The molecule has 0 aromatic rings. The van der Waals surface area contributed by atoms with Crippen molar-refractivity contribution in [3.8, 4) is 0 Å². The zero-order valence-electron chi connectivity index (χ0n) is 8.95. The maximum atomic E-state index is 11.7. The predicted molar refractivity (Wildman–Crippen MR) is 53.8 cm³/mol. The van der Waals surface area contributed by atoms with E-state index in [4.69, 9.17) is 4.74 Å². The van der Waals surface area contributed by atoms with Crippen LogP contribution in [-0.2, 0) is 9.53 Å². The van der Waals surface area contributed by atoms with E-state index in [0.29, 0.717) is 12.5 Å². The lowest BCUT2D eigenvalue weighted by Gasteiger charge is -2.14. The van der Waals surface area contributed by atoms with Crippen molar-refractivity contribution in [2.24, 2.45) is 17.8 Å². The molecule has 0 aromatic carbocycles. The summed E-state index contributed by atoms with van der Waals surface area (Å²) in [5.74, 6) is 2.29. The van der Waals surface area contributed by atoms with Crippen molar-refractivity contribution in [3.05, 3.63) is 0 Å². The molecule has 0 saturated heterocycles. The molecule has 80 valence electrons. The van der Waals surface area contributed by atoms with Crippen LogP contribution in [0.1, 0.15) is 26.2 Å². The van der Waals surface area contributed by atoms with E-state index in [1.54, 1.807) is 7.11 Å². The minimum atomic E-state index is 0.120. The summed E-state index contributed by atoms with van der Waals surface area (Å²) < 4.78 is 5.08. The second-order valence-electron chi connectivity index (χ2n) is 4.72. The van der Waals surface area contributed by atoms with Crippen LogP contribution in [0.5, 0.6) is 0 Å². The molecule has 2 aliphatic rings. The van der Waals surface area contributed by atoms with Gasteiger partial charge in [0.05, 0.1) is 6.10 Å². The summed E-state index contributed by atoms with van der Waals surface area (Å²) in [6.07, 6.45) is 3.74. The molecular weight excluding hydrogens is 178 g/mol. The molecule has 0 aliphatic heterocycles. The van der Waals surface area contributed by atoms with Crippen LogP contribution in [-0.4, -0.2) is 25.7 Å². The lowest BCUT2D eigenvalue weighted by molar-refractivity contribution is -0.125. The fourth-order valence-electron chi connectivity index (χ4n) is 2.40. The molecule has 0 spiro atoms. The Kier molecular flexibility index (Phi) is 2.77. The van der Waals surface area contributed by atoms with Gasteiger partial charge >= 0.3 is 0 Å². The van der Waals surface area contributed by atoms with E-state index in [-0.39, 0.29) is 12.0 Å². The lowest BCUT2D eigenvalue weighted by Crippen LogP contribution is -2.35. The van der Waals surface area contributed by atoms with Crippen molar-refractivity contribution < 1.29 is 9.53 Å². The van der Waals surface area contributed by atoms with Gasteiger partial charge in [-0.2, -0.15) is 0 Å². The molecule has 0 radical (unpaired) electrons. The summed E-state index contributed by atoms with van der Waals surface area (Å²) in [5, 5.41) is 2.95. The number of rotatable bonds is 4. The topological polar surface area (TPSA) is 38.3 Å². The van der Waals surface area contributed by atoms with E-state index in [2.05, 4.69) is 5.32 Å². The highest BCUT2D eigenvalue weighted by Crippen LogP contribution is 2.54. The number of carbonyl (C=O) groups excluding carboxylic acids is 1. The van der Waals surface area contributed by atoms with Crippen molar-refractivity contribution in [2.45, 2.75) is 32.3 Å². The second-order valence-corrected chi connectivity index (χ2v) is 4.72. The number of amides is 1. The Morgan fingerprint density at radius 1 is 1.43 bits per heavy atom. The summed E-state index contributed by atoms with van der Waals surface area (Å²) in [7, 11) is 1.67. The Bertz CT molecular complexity index is 219. The van der Waals surface area contributed by atoms with Gasteiger partial charge < -0.3 is 10.1 Å². The SMILES string of the molecule is COC(C)CNC(=O)C1CC2CC2C1. The first-order valence-corrected chi connectivity index (χ1v) is 5.51. The number of hydrogen-bond donors (Lipinski definition) is 1. The maximum absolute atomic E-state index is 11.7. The molecule has 3 atom stereocenters. The van der Waals surface area contributed by atoms with Gasteiger partial charge in [0, 0.05) is 19.6 Å². The molecular formula is C11H19NO2. The maximum Gasteiger partial charge on any atom is 0.223 e. The summed E-state index contributed by atoms with van der Waals surface area (Å²) in [6.45, 7) is 2.60. The van der Waals surface area contributed by atoms with Crippen LogP contribution in [0.3, 0.4) is 0 Å². The zero-order chi connectivity index (χ0) is 10.1. The van der Waals surface area contributed by atoms with E-state index >= 15 is 0 Å². The van der Waals surface area contributed by atoms with Gasteiger partial charge in [0.25, 0.3) is 0 Å². The molecule has 0 heterocycles. The normalized spacial score (nSPS) is 36.3. The molecule has 0 aromatic heterocycles. The van der Waals surface area contributed by atoms with Gasteiger partial charge in [-0.15, -0.1) is 0 Å². The average molecular weight is 197 g/mol. The predicted octanol–water partition coefficient (Wildman–Crippen LogP) is 1.18. The minimum absolute atomic E-state index is 0.120. The Labute approximate surface area is 85.2 Å². The molecule has 1 N–H and O–H groups in total. The van der Waals surface area contributed by atoms with E-state index in [9.17, 15) is 4.79 Å². The lowest BCUT2D eigenvalue weighted by atomic mass is 10.0. The van der Waals surface area contributed by atoms with Gasteiger partial charge in [0.15, 0.2) is 0 Å². The Morgan fingerprint density at radius 2 is 2.07 bits per heavy atom. The number of hydrogen-bond acceptors (Lipinski definition) is 2. The van der Waals surface area contributed by atoms with Gasteiger partial charge in [0.1, 0.15) is 0 Å². The van der Waals surface area contributed by atoms with Gasteiger partial charge in [0.2, 0.25) is 5.91 Å². The van der Waals surface area contributed by atoms with Gasteiger partial charge in [-0.3, -0.25) is 4.79 Å². The average Bonchev–Trinajstić information content (AvgIpc) is 2.81. The number of nitrogens with one attached hydrogen (secondary N) is 1. The van der Waals surface area contributed by atoms with E-state index in [1.165, 1.54) is 6.42 Å². The minimum Gasteiger partial charge on any atom is -0.380 e. The van der Waals surface area contributed by atoms with E-state index < -0.39 is 0 Å². The molecule has 3 nitrogen and oxygen atoms in total. The third kappa shape index (κ3) is 2.08. The highest BCUT2D eigenvalue weighted by Gasteiger charge is 2.47. The molecule has 2 aliphatic carbocycles. The summed E-state index contributed by atoms with van der Waals surface area (Å²) in [4.78, 5) is 11.7. The molecule has 0 bridgehead atoms. The Balaban J connectivity index is 1.68. The van der Waals surface area contributed by atoms with E-state index in [1.807, 2.05) is 6.92 Å². The van der Waals surface area contributed by atoms with Crippen LogP contribution in [0, 0.1) is 17.8 Å². The fraction of sp³-hybridized carbons (Fsp3) is 0.909. The van der Waals surface area contributed by atoms with Crippen LogP contribution in [0.15, 0.2) is 0 Å². The quantitative estimate of drug-likeness (QED) is 0.735. The number of carbonyl (C=O) groups is 1. The third-order valence-corrected chi connectivity index (χ3v) is 3.58. The molecule has 1 amide bonds. The van der Waals surface area contributed by atoms with Crippen LogP contribution in [0.25, 0.3) is 0 Å². The monoisotopic (exact) mass is 197 g/mol. The first kappa shape index (κ1) is 9.97. The van der Waals surface area contributed by atoms with Crippen LogP contribution < -0.4 is 5.32 Å². The first-order valence-electron chi connectivity index (χ1n) is 5.51. The number of fused-ring (bicyclic) bond motifs is 1. The molecule has 3 heteroatoms. The zero-order valence-corrected chi connectivity index (χ0v) is 8.95. The Morgan fingerprint density at radius 3 is 2.64 bits per heavy atom. The van der Waals surface area contributed by atoms with Crippen molar-refractivity contribution >= 4 is 5.91 Å². The van der Waals surface area contributed by atoms with Crippen LogP contribution in [0.2, 0.25) is 0 Å². The van der Waals surface area contributed by atoms with Crippen molar-refractivity contribution in [3.63, 3.8) is 0 Å². The van der Waals surface area contributed by atoms with Gasteiger partial charge in [-0.25, -0.2) is 0 Å². The molecule has 3 unspecified atom stereocenters. The summed E-state index contributed by atoms with van der Waals surface area (Å²) >= 11 is 0. The Hall–Kier alpha value is -0.570. The van der Waals surface area contributed by atoms with Crippen molar-refractivity contribution in [1.29, 1.82) is 0 Å². The van der Waals surface area contributed by atoms with Crippen LogP contribution in [0.4, 0.5) is 0 Å². The van der Waals surface area contributed by atoms with Gasteiger partial charge in [-0.05, 0) is 38.0 Å². The molecule has 2 fully saturated rings. The van der Waals surface area contributed by atoms with Gasteiger partial charge in [-0.1, -0.05) is 0 Å². The number of ether oxygens (including phenoxy) is 1. The molecule has 2 rings (SSSR count). The van der Waals surface area contributed by atoms with Crippen molar-refractivity contribution in [2.75, 3.05) is 13.7 Å². The summed E-state index contributed by atoms with van der Waals surface area (Å²) in [5.41, 5.74) is 0. The number of methoxy groups -OCH3 is 1. The highest BCUT2D eigenvalue weighted by atomic mass is 16.5. The van der Waals surface area contributed by atoms with Crippen LogP contribution >= 0.6 is 0 Å².